The molecular weight excluding hydrogens is 322 g/mol. The van der Waals surface area contributed by atoms with Crippen molar-refractivity contribution in [2.45, 2.75) is 18.9 Å². The summed E-state index contributed by atoms with van der Waals surface area (Å²) in [7, 11) is 5.11. The van der Waals surface area contributed by atoms with Gasteiger partial charge in [-0.3, -0.25) is 14.9 Å². The van der Waals surface area contributed by atoms with E-state index in [2.05, 4.69) is 10.3 Å². The van der Waals surface area contributed by atoms with Crippen LogP contribution >= 0.6 is 0 Å². The van der Waals surface area contributed by atoms with Crippen LogP contribution < -0.4 is 5.32 Å². The lowest BCUT2D eigenvalue weighted by molar-refractivity contribution is -0.130. The molecule has 2 saturated heterocycles. The third kappa shape index (κ3) is 3.29. The average molecular weight is 345 g/mol. The molecule has 25 heavy (non-hydrogen) atoms. The Morgan fingerprint density at radius 1 is 1.36 bits per heavy atom. The van der Waals surface area contributed by atoms with Crippen LogP contribution in [0.4, 0.5) is 10.6 Å². The Labute approximate surface area is 146 Å². The van der Waals surface area contributed by atoms with Crippen molar-refractivity contribution in [2.75, 3.05) is 39.5 Å². The summed E-state index contributed by atoms with van der Waals surface area (Å²) in [6.45, 7) is 1.17. The van der Waals surface area contributed by atoms with Crippen LogP contribution in [0.1, 0.15) is 23.2 Å². The van der Waals surface area contributed by atoms with E-state index in [9.17, 15) is 14.4 Å². The van der Waals surface area contributed by atoms with Crippen molar-refractivity contribution in [3.8, 4) is 0 Å². The number of carbonyl (C=O) groups is 3. The summed E-state index contributed by atoms with van der Waals surface area (Å²) >= 11 is 0. The number of rotatable bonds is 2. The standard InChI is InChI=1S/C17H23N5O3/c1-20(2)15(23)11-6-7-18-14(9-11)19-17(25)22-8-4-5-12-13(22)10-21(3)16(12)24/h6-7,9,12-13H,4-5,8,10H2,1-3H3,(H,18,19,25)/t12-,13-/m1/s1. The molecule has 2 aliphatic heterocycles. The Hall–Kier alpha value is -2.64. The Morgan fingerprint density at radius 3 is 2.84 bits per heavy atom. The van der Waals surface area contributed by atoms with Crippen LogP contribution in [0.2, 0.25) is 0 Å². The summed E-state index contributed by atoms with van der Waals surface area (Å²) in [6, 6.07) is 2.80. The zero-order chi connectivity index (χ0) is 18.1. The number of nitrogens with one attached hydrogen (secondary N) is 1. The maximum atomic E-state index is 12.7. The normalized spacial score (nSPS) is 22.6. The highest BCUT2D eigenvalue weighted by atomic mass is 16.2. The van der Waals surface area contributed by atoms with Gasteiger partial charge in [-0.05, 0) is 25.0 Å². The zero-order valence-corrected chi connectivity index (χ0v) is 14.7. The quantitative estimate of drug-likeness (QED) is 0.862. The molecule has 0 spiro atoms. The summed E-state index contributed by atoms with van der Waals surface area (Å²) in [5, 5.41) is 2.76. The number of amides is 4. The molecule has 2 aliphatic rings. The highest BCUT2D eigenvalue weighted by molar-refractivity contribution is 5.96. The van der Waals surface area contributed by atoms with Crippen LogP contribution in [0.15, 0.2) is 18.3 Å². The van der Waals surface area contributed by atoms with Gasteiger partial charge >= 0.3 is 6.03 Å². The van der Waals surface area contributed by atoms with Gasteiger partial charge in [0.15, 0.2) is 0 Å². The number of fused-ring (bicyclic) bond motifs is 1. The molecule has 0 bridgehead atoms. The Kier molecular flexibility index (Phi) is 4.61. The minimum atomic E-state index is -0.278. The van der Waals surface area contributed by atoms with Crippen molar-refractivity contribution in [3.05, 3.63) is 23.9 Å². The van der Waals surface area contributed by atoms with Crippen molar-refractivity contribution in [1.29, 1.82) is 0 Å². The molecule has 0 aromatic carbocycles. The summed E-state index contributed by atoms with van der Waals surface area (Å²) < 4.78 is 0. The van der Waals surface area contributed by atoms with E-state index in [4.69, 9.17) is 0 Å². The number of carbonyl (C=O) groups excluding carboxylic acids is 3. The van der Waals surface area contributed by atoms with Gasteiger partial charge in [0.25, 0.3) is 5.91 Å². The third-order valence-corrected chi connectivity index (χ3v) is 4.84. The number of urea groups is 1. The second-order valence-electron chi connectivity index (χ2n) is 6.79. The predicted octanol–water partition coefficient (Wildman–Crippen LogP) is 0.868. The molecule has 3 rings (SSSR count). The Balaban J connectivity index is 1.73. The molecule has 1 aromatic rings. The molecule has 8 nitrogen and oxygen atoms in total. The monoisotopic (exact) mass is 345 g/mol. The summed E-state index contributed by atoms with van der Waals surface area (Å²) in [5.74, 6) is 0.176. The highest BCUT2D eigenvalue weighted by Gasteiger charge is 2.45. The first-order valence-corrected chi connectivity index (χ1v) is 8.39. The van der Waals surface area contributed by atoms with Crippen LogP contribution in [0.5, 0.6) is 0 Å². The van der Waals surface area contributed by atoms with E-state index in [1.807, 2.05) is 0 Å². The second-order valence-corrected chi connectivity index (χ2v) is 6.79. The molecule has 8 heteroatoms. The van der Waals surface area contributed by atoms with E-state index in [1.165, 1.54) is 11.1 Å². The number of likely N-dealkylation sites (N-methyl/N-ethyl adjacent to an activating group) is 1. The number of anilines is 1. The molecule has 2 fully saturated rings. The van der Waals surface area contributed by atoms with Crippen molar-refractivity contribution >= 4 is 23.7 Å². The van der Waals surface area contributed by atoms with Gasteiger partial charge in [0.05, 0.1) is 12.0 Å². The molecule has 1 N–H and O–H groups in total. The van der Waals surface area contributed by atoms with Gasteiger partial charge in [0.2, 0.25) is 5.91 Å². The molecule has 0 saturated carbocycles. The minimum Gasteiger partial charge on any atom is -0.345 e. The van der Waals surface area contributed by atoms with E-state index in [0.29, 0.717) is 24.5 Å². The van der Waals surface area contributed by atoms with Gasteiger partial charge in [0, 0.05) is 46.0 Å². The maximum Gasteiger partial charge on any atom is 0.323 e. The largest absolute Gasteiger partial charge is 0.345 e. The molecule has 3 heterocycles. The van der Waals surface area contributed by atoms with Crippen LogP contribution in [-0.4, -0.2) is 77.8 Å². The Morgan fingerprint density at radius 2 is 2.12 bits per heavy atom. The number of aromatic nitrogens is 1. The number of nitrogens with zero attached hydrogens (tertiary/aromatic N) is 4. The van der Waals surface area contributed by atoms with Gasteiger partial charge < -0.3 is 14.7 Å². The maximum absolute atomic E-state index is 12.7. The molecule has 1 aromatic heterocycles. The summed E-state index contributed by atoms with van der Waals surface area (Å²) in [4.78, 5) is 45.9. The molecule has 134 valence electrons. The van der Waals surface area contributed by atoms with Crippen LogP contribution in [-0.2, 0) is 4.79 Å². The SMILES string of the molecule is CN(C)C(=O)c1ccnc(NC(=O)N2CCC[C@H]3C(=O)N(C)C[C@H]32)c1. The van der Waals surface area contributed by atoms with Crippen molar-refractivity contribution in [3.63, 3.8) is 0 Å². The fraction of sp³-hybridized carbons (Fsp3) is 0.529. The topological polar surface area (TPSA) is 85.9 Å². The Bertz CT molecular complexity index is 705. The fourth-order valence-corrected chi connectivity index (χ4v) is 3.55. The van der Waals surface area contributed by atoms with Crippen LogP contribution in [0.25, 0.3) is 0 Å². The highest BCUT2D eigenvalue weighted by Crippen LogP contribution is 2.31. The van der Waals surface area contributed by atoms with Gasteiger partial charge in [-0.2, -0.15) is 0 Å². The molecule has 0 unspecified atom stereocenters. The van der Waals surface area contributed by atoms with Crippen LogP contribution in [0, 0.1) is 5.92 Å². The second kappa shape index (κ2) is 6.70. The number of pyridine rings is 1. The van der Waals surface area contributed by atoms with Gasteiger partial charge in [0.1, 0.15) is 5.82 Å². The number of hydrogen-bond donors (Lipinski definition) is 1. The molecular formula is C17H23N5O3. The van der Waals surface area contributed by atoms with Crippen LogP contribution in [0.3, 0.4) is 0 Å². The average Bonchev–Trinajstić information content (AvgIpc) is 2.89. The van der Waals surface area contributed by atoms with E-state index in [0.717, 1.165) is 12.8 Å². The fourth-order valence-electron chi connectivity index (χ4n) is 3.55. The first kappa shape index (κ1) is 17.2. The lowest BCUT2D eigenvalue weighted by atomic mass is 9.92. The summed E-state index contributed by atoms with van der Waals surface area (Å²) in [6.07, 6.45) is 3.13. The zero-order valence-electron chi connectivity index (χ0n) is 14.7. The third-order valence-electron chi connectivity index (χ3n) is 4.84. The van der Waals surface area contributed by atoms with E-state index in [-0.39, 0.29) is 29.8 Å². The molecule has 0 radical (unpaired) electrons. The predicted molar refractivity (Wildman–Crippen MR) is 92.1 cm³/mol. The molecule has 0 aliphatic carbocycles. The van der Waals surface area contributed by atoms with Gasteiger partial charge in [-0.1, -0.05) is 0 Å². The van der Waals surface area contributed by atoms with Crippen molar-refractivity contribution in [1.82, 2.24) is 19.7 Å². The lowest BCUT2D eigenvalue weighted by Gasteiger charge is -2.35. The first-order chi connectivity index (χ1) is 11.9. The number of piperidine rings is 1. The number of hydrogen-bond acceptors (Lipinski definition) is 4. The molecule has 2 atom stereocenters. The van der Waals surface area contributed by atoms with E-state index < -0.39 is 0 Å². The number of likely N-dealkylation sites (tertiary alicyclic amines) is 2. The van der Waals surface area contributed by atoms with E-state index >= 15 is 0 Å². The van der Waals surface area contributed by atoms with E-state index in [1.54, 1.807) is 43.1 Å². The molecule has 4 amide bonds. The lowest BCUT2D eigenvalue weighted by Crippen LogP contribution is -2.50. The smallest absolute Gasteiger partial charge is 0.323 e. The summed E-state index contributed by atoms with van der Waals surface area (Å²) in [5.41, 5.74) is 0.461. The van der Waals surface area contributed by atoms with Crippen molar-refractivity contribution in [2.24, 2.45) is 5.92 Å². The van der Waals surface area contributed by atoms with Gasteiger partial charge in [-0.15, -0.1) is 0 Å². The van der Waals surface area contributed by atoms with Crippen molar-refractivity contribution < 1.29 is 14.4 Å². The first-order valence-electron chi connectivity index (χ1n) is 8.39. The minimum absolute atomic E-state index is 0.0992. The van der Waals surface area contributed by atoms with Gasteiger partial charge in [-0.25, -0.2) is 9.78 Å².